The van der Waals surface area contributed by atoms with Gasteiger partial charge in [0.2, 0.25) is 5.91 Å². The highest BCUT2D eigenvalue weighted by Crippen LogP contribution is 2.23. The van der Waals surface area contributed by atoms with E-state index in [0.717, 1.165) is 38.6 Å². The van der Waals surface area contributed by atoms with Crippen molar-refractivity contribution in [2.45, 2.75) is 58.4 Å². The lowest BCUT2D eigenvalue weighted by Crippen LogP contribution is -2.43. The maximum absolute atomic E-state index is 12.3. The highest BCUT2D eigenvalue weighted by Gasteiger charge is 2.30. The number of unbranched alkanes of at least 4 members (excludes halogenated alkanes) is 1. The van der Waals surface area contributed by atoms with Crippen LogP contribution in [0.15, 0.2) is 0 Å². The van der Waals surface area contributed by atoms with Crippen LogP contribution < -0.4 is 5.73 Å². The molecule has 0 aromatic heterocycles. The van der Waals surface area contributed by atoms with Crippen LogP contribution in [0.1, 0.15) is 52.4 Å². The van der Waals surface area contributed by atoms with Crippen LogP contribution in [0.25, 0.3) is 0 Å². The molecule has 1 amide bonds. The Balaban J connectivity index is 0.00000256. The van der Waals surface area contributed by atoms with Gasteiger partial charge >= 0.3 is 0 Å². The second-order valence-corrected chi connectivity index (χ2v) is 4.81. The third kappa shape index (κ3) is 4.47. The quantitative estimate of drug-likeness (QED) is 0.800. The molecule has 2 N–H and O–H groups in total. The Bertz CT molecular complexity index is 223. The van der Waals surface area contributed by atoms with Crippen LogP contribution in [0.5, 0.6) is 0 Å². The lowest BCUT2D eigenvalue weighted by Gasteiger charge is -2.27. The van der Waals surface area contributed by atoms with E-state index in [1.54, 1.807) is 0 Å². The van der Waals surface area contributed by atoms with Crippen molar-refractivity contribution in [3.63, 3.8) is 0 Å². The van der Waals surface area contributed by atoms with Crippen LogP contribution >= 0.6 is 12.4 Å². The van der Waals surface area contributed by atoms with E-state index in [-0.39, 0.29) is 18.3 Å². The summed E-state index contributed by atoms with van der Waals surface area (Å²) in [6, 6.07) is 0.308. The highest BCUT2D eigenvalue weighted by molar-refractivity contribution is 5.85. The van der Waals surface area contributed by atoms with Crippen LogP contribution in [0, 0.1) is 5.92 Å². The topological polar surface area (TPSA) is 46.3 Å². The number of hydrogen-bond donors (Lipinski definition) is 1. The zero-order valence-electron chi connectivity index (χ0n) is 11.2. The molecule has 1 heterocycles. The number of amides is 1. The van der Waals surface area contributed by atoms with Gasteiger partial charge in [0.25, 0.3) is 0 Å². The summed E-state index contributed by atoms with van der Waals surface area (Å²) in [7, 11) is 0. The third-order valence-electron chi connectivity index (χ3n) is 3.68. The first-order valence-corrected chi connectivity index (χ1v) is 6.75. The first kappa shape index (κ1) is 16.7. The normalized spacial score (nSPS) is 21.1. The Morgan fingerprint density at radius 3 is 2.71 bits per heavy atom. The predicted molar refractivity (Wildman–Crippen MR) is 74.3 cm³/mol. The zero-order valence-corrected chi connectivity index (χ0v) is 12.0. The molecule has 1 aliphatic heterocycles. The molecule has 0 aromatic rings. The number of likely N-dealkylation sites (tertiary alicyclic amines) is 1. The second kappa shape index (κ2) is 8.76. The predicted octanol–water partition coefficient (Wildman–Crippen LogP) is 2.57. The molecule has 0 bridgehead atoms. The smallest absolute Gasteiger partial charge is 0.225 e. The Kier molecular flexibility index (Phi) is 8.61. The molecule has 102 valence electrons. The number of hydrogen-bond acceptors (Lipinski definition) is 2. The number of carbonyl (C=O) groups is 1. The molecule has 2 atom stereocenters. The summed E-state index contributed by atoms with van der Waals surface area (Å²) in [6.07, 6.45) is 6.55. The molecule has 1 fully saturated rings. The van der Waals surface area contributed by atoms with Gasteiger partial charge in [-0.1, -0.05) is 26.7 Å². The Labute approximate surface area is 112 Å². The molecule has 3 nitrogen and oxygen atoms in total. The van der Waals surface area contributed by atoms with E-state index in [9.17, 15) is 4.79 Å². The summed E-state index contributed by atoms with van der Waals surface area (Å²) in [4.78, 5) is 14.4. The Hall–Kier alpha value is -0.280. The second-order valence-electron chi connectivity index (χ2n) is 4.81. The van der Waals surface area contributed by atoms with Gasteiger partial charge in [0.05, 0.1) is 0 Å². The Morgan fingerprint density at radius 2 is 2.18 bits per heavy atom. The van der Waals surface area contributed by atoms with E-state index in [2.05, 4.69) is 13.8 Å². The van der Waals surface area contributed by atoms with E-state index in [1.807, 2.05) is 4.90 Å². The van der Waals surface area contributed by atoms with E-state index in [0.29, 0.717) is 18.5 Å². The molecule has 2 unspecified atom stereocenters. The van der Waals surface area contributed by atoms with E-state index >= 15 is 0 Å². The number of nitrogens with zero attached hydrogens (tertiary/aromatic N) is 1. The van der Waals surface area contributed by atoms with Crippen molar-refractivity contribution in [3.8, 4) is 0 Å². The highest BCUT2D eigenvalue weighted by atomic mass is 35.5. The first-order valence-electron chi connectivity index (χ1n) is 6.75. The summed E-state index contributed by atoms with van der Waals surface area (Å²) in [5.74, 6) is 0.580. The molecule has 0 aliphatic carbocycles. The zero-order chi connectivity index (χ0) is 12.0. The van der Waals surface area contributed by atoms with Gasteiger partial charge in [-0.15, -0.1) is 12.4 Å². The fourth-order valence-corrected chi connectivity index (χ4v) is 2.56. The van der Waals surface area contributed by atoms with Crippen LogP contribution in [-0.4, -0.2) is 29.9 Å². The monoisotopic (exact) mass is 262 g/mol. The first-order chi connectivity index (χ1) is 7.74. The average Bonchev–Trinajstić information content (AvgIpc) is 2.77. The van der Waals surface area contributed by atoms with Gasteiger partial charge in [-0.25, -0.2) is 0 Å². The van der Waals surface area contributed by atoms with Crippen LogP contribution in [0.3, 0.4) is 0 Å². The lowest BCUT2D eigenvalue weighted by atomic mass is 9.97. The lowest BCUT2D eigenvalue weighted by molar-refractivity contribution is -0.136. The third-order valence-corrected chi connectivity index (χ3v) is 3.68. The molecule has 1 rings (SSSR count). The van der Waals surface area contributed by atoms with Crippen LogP contribution in [-0.2, 0) is 4.79 Å². The number of carbonyl (C=O) groups excluding carboxylic acids is 1. The van der Waals surface area contributed by atoms with Gasteiger partial charge in [0.1, 0.15) is 0 Å². The van der Waals surface area contributed by atoms with Gasteiger partial charge in [-0.05, 0) is 25.7 Å². The van der Waals surface area contributed by atoms with E-state index in [1.165, 1.54) is 6.42 Å². The standard InChI is InChI=1S/C13H26N2O.ClH/c1-3-5-7-11(4-2)13(16)15-9-6-8-12(15)10-14;/h11-12H,3-10,14H2,1-2H3;1H. The van der Waals surface area contributed by atoms with Crippen molar-refractivity contribution in [2.75, 3.05) is 13.1 Å². The minimum Gasteiger partial charge on any atom is -0.338 e. The number of halogens is 1. The SMILES string of the molecule is CCCCC(CC)C(=O)N1CCCC1CN.Cl. The van der Waals surface area contributed by atoms with Crippen molar-refractivity contribution in [2.24, 2.45) is 11.7 Å². The molecule has 0 radical (unpaired) electrons. The van der Waals surface area contributed by atoms with Crippen molar-refractivity contribution < 1.29 is 4.79 Å². The molecule has 0 saturated carbocycles. The van der Waals surface area contributed by atoms with Crippen LogP contribution in [0.4, 0.5) is 0 Å². The Morgan fingerprint density at radius 1 is 1.47 bits per heavy atom. The van der Waals surface area contributed by atoms with Gasteiger partial charge in [-0.2, -0.15) is 0 Å². The van der Waals surface area contributed by atoms with Gasteiger partial charge in [-0.3, -0.25) is 4.79 Å². The minimum atomic E-state index is 0. The number of rotatable bonds is 6. The largest absolute Gasteiger partial charge is 0.338 e. The molecule has 1 aliphatic rings. The molecule has 17 heavy (non-hydrogen) atoms. The number of nitrogens with two attached hydrogens (primary N) is 1. The summed E-state index contributed by atoms with van der Waals surface area (Å²) in [5, 5.41) is 0. The molecular formula is C13H27ClN2O. The van der Waals surface area contributed by atoms with Crippen molar-refractivity contribution in [1.29, 1.82) is 0 Å². The van der Waals surface area contributed by atoms with E-state index in [4.69, 9.17) is 5.73 Å². The van der Waals surface area contributed by atoms with E-state index < -0.39 is 0 Å². The minimum absolute atomic E-state index is 0. The summed E-state index contributed by atoms with van der Waals surface area (Å²) < 4.78 is 0. The molecular weight excluding hydrogens is 236 g/mol. The van der Waals surface area contributed by atoms with Gasteiger partial charge in [0, 0.05) is 25.0 Å². The average molecular weight is 263 g/mol. The molecule has 0 spiro atoms. The van der Waals surface area contributed by atoms with Crippen molar-refractivity contribution >= 4 is 18.3 Å². The maximum Gasteiger partial charge on any atom is 0.225 e. The van der Waals surface area contributed by atoms with Gasteiger partial charge in [0.15, 0.2) is 0 Å². The summed E-state index contributed by atoms with van der Waals surface area (Å²) in [6.45, 7) is 5.83. The molecule has 1 saturated heterocycles. The fraction of sp³-hybridized carbons (Fsp3) is 0.923. The molecule has 4 heteroatoms. The fourth-order valence-electron chi connectivity index (χ4n) is 2.56. The molecule has 0 aromatic carbocycles. The van der Waals surface area contributed by atoms with Crippen molar-refractivity contribution in [3.05, 3.63) is 0 Å². The van der Waals surface area contributed by atoms with Crippen molar-refractivity contribution in [1.82, 2.24) is 4.90 Å². The maximum atomic E-state index is 12.3. The summed E-state index contributed by atoms with van der Waals surface area (Å²) >= 11 is 0. The van der Waals surface area contributed by atoms with Crippen LogP contribution in [0.2, 0.25) is 0 Å². The summed E-state index contributed by atoms with van der Waals surface area (Å²) in [5.41, 5.74) is 5.71. The van der Waals surface area contributed by atoms with Gasteiger partial charge < -0.3 is 10.6 Å².